The van der Waals surface area contributed by atoms with Crippen molar-refractivity contribution in [3.63, 3.8) is 0 Å². The Balaban J connectivity index is 1.63. The van der Waals surface area contributed by atoms with E-state index in [1.807, 2.05) is 0 Å². The van der Waals surface area contributed by atoms with Crippen molar-refractivity contribution in [1.82, 2.24) is 0 Å². The molecule has 1 nitrogen and oxygen atoms in total. The second-order valence-corrected chi connectivity index (χ2v) is 13.6. The van der Waals surface area contributed by atoms with Gasteiger partial charge in [0.15, 0.2) is 0 Å². The Hall–Kier alpha value is -3.75. The van der Waals surface area contributed by atoms with Crippen molar-refractivity contribution in [2.75, 3.05) is 5.32 Å². The van der Waals surface area contributed by atoms with Gasteiger partial charge in [-0.05, 0) is 90.2 Å². The first-order chi connectivity index (χ1) is 17.9. The van der Waals surface area contributed by atoms with Crippen molar-refractivity contribution in [1.29, 1.82) is 0 Å². The summed E-state index contributed by atoms with van der Waals surface area (Å²) in [6.07, 6.45) is 0. The number of hydrogen-bond acceptors (Lipinski definition) is 1. The summed E-state index contributed by atoms with van der Waals surface area (Å²) in [5.74, 6) is 0. The fraction of sp³-hybridized carbons (Fsp3) is 0.143. The largest absolute Gasteiger partial charge is 0.355 e. The molecule has 0 radical (unpaired) electrons. The fourth-order valence-corrected chi connectivity index (χ4v) is 8.82. The molecule has 0 amide bonds. The summed E-state index contributed by atoms with van der Waals surface area (Å²) in [6.45, 7) is 8.96. The first-order valence-corrected chi connectivity index (χ1v) is 14.5. The van der Waals surface area contributed by atoms with Gasteiger partial charge >= 0.3 is 0 Å². The molecular formula is C35H35NS. The average molecular weight is 502 g/mol. The Labute approximate surface area is 223 Å². The molecule has 5 aromatic rings. The summed E-state index contributed by atoms with van der Waals surface area (Å²) in [4.78, 5) is 5.35. The lowest BCUT2D eigenvalue weighted by Crippen LogP contribution is -2.10. The van der Waals surface area contributed by atoms with Crippen molar-refractivity contribution in [2.45, 2.75) is 52.7 Å². The van der Waals surface area contributed by atoms with Gasteiger partial charge in [0.05, 0.1) is 0 Å². The molecule has 0 aromatic heterocycles. The van der Waals surface area contributed by atoms with Crippen LogP contribution in [-0.4, -0.2) is 0 Å². The zero-order valence-corrected chi connectivity index (χ0v) is 22.9. The molecule has 0 atom stereocenters. The van der Waals surface area contributed by atoms with Crippen LogP contribution in [-0.2, 0) is 5.41 Å². The summed E-state index contributed by atoms with van der Waals surface area (Å²) < 4.78 is 0. The molecule has 0 unspecified atom stereocenters. The SMILES string of the molecule is Cc1cc(S(c2ccccc2)(c2ccccc2)c2ccccc2)ccc1Nc1ccc(C(C)(C)C)cc1. The molecule has 0 saturated carbocycles. The molecule has 0 aliphatic rings. The molecule has 0 saturated heterocycles. The third-order valence-corrected chi connectivity index (χ3v) is 10.8. The van der Waals surface area contributed by atoms with Crippen LogP contribution in [0.15, 0.2) is 153 Å². The first-order valence-electron chi connectivity index (χ1n) is 12.9. The van der Waals surface area contributed by atoms with Gasteiger partial charge in [0.2, 0.25) is 0 Å². The first kappa shape index (κ1) is 24.9. The third kappa shape index (κ3) is 4.95. The molecule has 37 heavy (non-hydrogen) atoms. The van der Waals surface area contributed by atoms with E-state index in [2.05, 4.69) is 166 Å². The normalized spacial score (nSPS) is 12.2. The molecule has 0 aliphatic carbocycles. The van der Waals surface area contributed by atoms with Gasteiger partial charge in [-0.25, -0.2) is 0 Å². The number of aryl methyl sites for hydroxylation is 1. The summed E-state index contributed by atoms with van der Waals surface area (Å²) in [5.41, 5.74) is 4.96. The fourth-order valence-electron chi connectivity index (χ4n) is 4.87. The summed E-state index contributed by atoms with van der Waals surface area (Å²) in [5, 5.41) is 3.66. The number of hydrogen-bond donors (Lipinski definition) is 1. The highest BCUT2D eigenvalue weighted by Gasteiger charge is 2.33. The van der Waals surface area contributed by atoms with Gasteiger partial charge in [-0.15, -0.1) is 10.0 Å². The van der Waals surface area contributed by atoms with Crippen LogP contribution >= 0.6 is 10.0 Å². The topological polar surface area (TPSA) is 12.0 Å². The van der Waals surface area contributed by atoms with Gasteiger partial charge in [-0.1, -0.05) is 87.5 Å². The van der Waals surface area contributed by atoms with E-state index in [4.69, 9.17) is 0 Å². The van der Waals surface area contributed by atoms with E-state index in [0.717, 1.165) is 11.4 Å². The van der Waals surface area contributed by atoms with Crippen molar-refractivity contribution in [2.24, 2.45) is 0 Å². The lowest BCUT2D eigenvalue weighted by molar-refractivity contribution is 0.590. The van der Waals surface area contributed by atoms with E-state index in [1.54, 1.807) is 0 Å². The van der Waals surface area contributed by atoms with Crippen LogP contribution in [0.4, 0.5) is 11.4 Å². The maximum atomic E-state index is 3.66. The monoisotopic (exact) mass is 501 g/mol. The molecule has 5 rings (SSSR count). The molecular weight excluding hydrogens is 466 g/mol. The summed E-state index contributed by atoms with van der Waals surface area (Å²) in [7, 11) is -1.67. The zero-order valence-electron chi connectivity index (χ0n) is 22.1. The molecule has 2 heteroatoms. The lowest BCUT2D eigenvalue weighted by Gasteiger charge is -2.42. The van der Waals surface area contributed by atoms with E-state index in [1.165, 1.54) is 30.7 Å². The smallest absolute Gasteiger partial charge is 0.0414 e. The maximum Gasteiger partial charge on any atom is 0.0414 e. The van der Waals surface area contributed by atoms with Crippen molar-refractivity contribution in [3.05, 3.63) is 145 Å². The minimum atomic E-state index is -1.67. The van der Waals surface area contributed by atoms with Crippen LogP contribution in [0.5, 0.6) is 0 Å². The average Bonchev–Trinajstić information content (AvgIpc) is 2.92. The summed E-state index contributed by atoms with van der Waals surface area (Å²) >= 11 is 0. The van der Waals surface area contributed by atoms with Gasteiger partial charge in [0, 0.05) is 31.0 Å². The van der Waals surface area contributed by atoms with Crippen LogP contribution in [0.25, 0.3) is 0 Å². The molecule has 0 spiro atoms. The Morgan fingerprint density at radius 3 is 1.38 bits per heavy atom. The maximum absolute atomic E-state index is 3.66. The Morgan fingerprint density at radius 2 is 0.973 bits per heavy atom. The second-order valence-electron chi connectivity index (χ2n) is 10.5. The molecule has 1 N–H and O–H groups in total. The van der Waals surface area contributed by atoms with Crippen LogP contribution < -0.4 is 5.32 Å². The number of rotatable bonds is 6. The van der Waals surface area contributed by atoms with E-state index < -0.39 is 10.0 Å². The van der Waals surface area contributed by atoms with E-state index in [-0.39, 0.29) is 5.41 Å². The van der Waals surface area contributed by atoms with Crippen LogP contribution in [0.3, 0.4) is 0 Å². The van der Waals surface area contributed by atoms with Crippen molar-refractivity contribution in [3.8, 4) is 0 Å². The quantitative estimate of drug-likeness (QED) is 0.244. The van der Waals surface area contributed by atoms with E-state index in [0.29, 0.717) is 0 Å². The minimum absolute atomic E-state index is 0.147. The number of benzene rings is 5. The van der Waals surface area contributed by atoms with Crippen molar-refractivity contribution < 1.29 is 0 Å². The lowest BCUT2D eigenvalue weighted by atomic mass is 9.87. The van der Waals surface area contributed by atoms with E-state index >= 15 is 0 Å². The minimum Gasteiger partial charge on any atom is -0.355 e. The van der Waals surface area contributed by atoms with Crippen LogP contribution in [0.2, 0.25) is 0 Å². The van der Waals surface area contributed by atoms with Gasteiger partial charge in [0.25, 0.3) is 0 Å². The highest BCUT2D eigenvalue weighted by Crippen LogP contribution is 2.73. The van der Waals surface area contributed by atoms with Crippen molar-refractivity contribution >= 4 is 21.4 Å². The van der Waals surface area contributed by atoms with Crippen LogP contribution in [0.1, 0.15) is 31.9 Å². The third-order valence-electron chi connectivity index (χ3n) is 6.87. The number of nitrogens with one attached hydrogen (secondary N) is 1. The predicted octanol–water partition coefficient (Wildman–Crippen LogP) is 10.4. The highest BCUT2D eigenvalue weighted by molar-refractivity contribution is 8.34. The highest BCUT2D eigenvalue weighted by atomic mass is 32.3. The number of anilines is 2. The summed E-state index contributed by atoms with van der Waals surface area (Å²) in [6, 6.07) is 48.7. The molecule has 186 valence electrons. The zero-order chi connectivity index (χ0) is 25.9. The molecule has 5 aromatic carbocycles. The van der Waals surface area contributed by atoms with Gasteiger partial charge in [0.1, 0.15) is 0 Å². The predicted molar refractivity (Wildman–Crippen MR) is 160 cm³/mol. The standard InChI is InChI=1S/C35H35NS/c1-27-26-33(24-25-34(27)36-29-22-20-28(21-23-29)35(2,3)4)37(30-14-8-5-9-15-30,31-16-10-6-11-17-31)32-18-12-7-13-19-32/h5-26,36H,1-4H3. The molecule has 0 fully saturated rings. The molecule has 0 bridgehead atoms. The Morgan fingerprint density at radius 1 is 0.514 bits per heavy atom. The second kappa shape index (κ2) is 10.3. The van der Waals surface area contributed by atoms with Gasteiger partial charge in [-0.3, -0.25) is 0 Å². The Bertz CT molecular complexity index is 1350. The van der Waals surface area contributed by atoms with Crippen LogP contribution in [0, 0.1) is 6.92 Å². The molecule has 0 aliphatic heterocycles. The molecule has 0 heterocycles. The van der Waals surface area contributed by atoms with Gasteiger partial charge < -0.3 is 5.32 Å². The Kier molecular flexibility index (Phi) is 6.95. The van der Waals surface area contributed by atoms with E-state index in [9.17, 15) is 0 Å². The van der Waals surface area contributed by atoms with Gasteiger partial charge in [-0.2, -0.15) is 0 Å².